The predicted octanol–water partition coefficient (Wildman–Crippen LogP) is 4.19. The molecule has 1 N–H and O–H groups in total. The second-order valence-corrected chi connectivity index (χ2v) is 10.7. The molecule has 1 aliphatic heterocycles. The van der Waals surface area contributed by atoms with E-state index in [0.29, 0.717) is 28.6 Å². The summed E-state index contributed by atoms with van der Waals surface area (Å²) in [6.45, 7) is 0.337. The van der Waals surface area contributed by atoms with E-state index < -0.39 is 16.1 Å². The summed E-state index contributed by atoms with van der Waals surface area (Å²) in [5, 5.41) is 5.44. The van der Waals surface area contributed by atoms with Gasteiger partial charge in [-0.25, -0.2) is 13.4 Å². The topological polar surface area (TPSA) is 79.4 Å². The highest BCUT2D eigenvalue weighted by Crippen LogP contribution is 2.32. The number of thiophene rings is 1. The second kappa shape index (κ2) is 7.48. The highest BCUT2D eigenvalue weighted by Gasteiger charge is 2.38. The molecule has 142 valence electrons. The Morgan fingerprint density at radius 1 is 1.26 bits per heavy atom. The summed E-state index contributed by atoms with van der Waals surface area (Å²) in [5.74, 6) is -0.356. The standard InChI is InChI=1S/C17H16ClN3O3S3/c18-11-5-3-7-13-15(11)19-17(26-13)20-16(22)12-6-1-2-9-21(12)27(23,24)14-8-4-10-25-14/h3-5,7-8,10,12H,1-2,6,9H2,(H,19,20,22)/t12-/m0/s1. The molecule has 10 heteroatoms. The number of halogens is 1. The third-order valence-corrected chi connectivity index (χ3v) is 8.94. The molecular formula is C17H16ClN3O3S3. The van der Waals surface area contributed by atoms with Gasteiger partial charge >= 0.3 is 0 Å². The van der Waals surface area contributed by atoms with E-state index in [1.54, 1.807) is 23.6 Å². The molecule has 0 unspecified atom stereocenters. The number of nitrogens with zero attached hydrogens (tertiary/aromatic N) is 2. The Labute approximate surface area is 169 Å². The number of carbonyl (C=O) groups is 1. The number of piperidine rings is 1. The second-order valence-electron chi connectivity index (χ2n) is 6.15. The van der Waals surface area contributed by atoms with Crippen LogP contribution in [0.15, 0.2) is 39.9 Å². The number of amides is 1. The number of aromatic nitrogens is 1. The third kappa shape index (κ3) is 3.62. The Kier molecular flexibility index (Phi) is 5.21. The average Bonchev–Trinajstić information content (AvgIpc) is 3.32. The summed E-state index contributed by atoms with van der Waals surface area (Å²) >= 11 is 8.62. The number of carbonyl (C=O) groups excluding carboxylic acids is 1. The molecule has 0 bridgehead atoms. The maximum Gasteiger partial charge on any atom is 0.253 e. The molecule has 27 heavy (non-hydrogen) atoms. The summed E-state index contributed by atoms with van der Waals surface area (Å²) in [6.07, 6.45) is 2.04. The van der Waals surface area contributed by atoms with Crippen molar-refractivity contribution >= 4 is 65.6 Å². The minimum Gasteiger partial charge on any atom is -0.301 e. The Bertz CT molecular complexity index is 1080. The lowest BCUT2D eigenvalue weighted by Crippen LogP contribution is -2.49. The molecule has 2 aromatic heterocycles. The smallest absolute Gasteiger partial charge is 0.253 e. The molecular weight excluding hydrogens is 426 g/mol. The highest BCUT2D eigenvalue weighted by molar-refractivity contribution is 7.91. The van der Waals surface area contributed by atoms with Crippen molar-refractivity contribution in [3.05, 3.63) is 40.7 Å². The minimum atomic E-state index is -3.68. The number of para-hydroxylation sites is 1. The summed E-state index contributed by atoms with van der Waals surface area (Å²) in [4.78, 5) is 17.2. The molecule has 1 amide bonds. The molecule has 3 heterocycles. The van der Waals surface area contributed by atoms with Gasteiger partial charge in [0.05, 0.1) is 9.72 Å². The van der Waals surface area contributed by atoms with E-state index in [2.05, 4.69) is 10.3 Å². The van der Waals surface area contributed by atoms with Crippen molar-refractivity contribution < 1.29 is 13.2 Å². The first-order chi connectivity index (χ1) is 13.0. The molecule has 1 saturated heterocycles. The first-order valence-electron chi connectivity index (χ1n) is 8.38. The van der Waals surface area contributed by atoms with Gasteiger partial charge in [0.2, 0.25) is 5.91 Å². The van der Waals surface area contributed by atoms with Gasteiger partial charge < -0.3 is 5.32 Å². The Morgan fingerprint density at radius 2 is 2.11 bits per heavy atom. The lowest BCUT2D eigenvalue weighted by Gasteiger charge is -2.32. The van der Waals surface area contributed by atoms with E-state index in [-0.39, 0.29) is 10.1 Å². The molecule has 4 rings (SSSR count). The van der Waals surface area contributed by atoms with Crippen molar-refractivity contribution in [2.24, 2.45) is 0 Å². The summed E-state index contributed by atoms with van der Waals surface area (Å²) in [5.41, 5.74) is 0.631. The van der Waals surface area contributed by atoms with Crippen LogP contribution in [0.5, 0.6) is 0 Å². The van der Waals surface area contributed by atoms with Gasteiger partial charge in [-0.3, -0.25) is 4.79 Å². The third-order valence-electron chi connectivity index (χ3n) is 4.41. The van der Waals surface area contributed by atoms with Gasteiger partial charge in [0.1, 0.15) is 15.8 Å². The van der Waals surface area contributed by atoms with Crippen molar-refractivity contribution in [2.45, 2.75) is 29.5 Å². The highest BCUT2D eigenvalue weighted by atomic mass is 35.5. The normalized spacial score (nSPS) is 18.6. The Hall–Kier alpha value is -1.52. The number of thiazole rings is 1. The van der Waals surface area contributed by atoms with E-state index in [1.165, 1.54) is 15.6 Å². The maximum atomic E-state index is 12.9. The summed E-state index contributed by atoms with van der Waals surface area (Å²) < 4.78 is 28.3. The maximum absolute atomic E-state index is 12.9. The lowest BCUT2D eigenvalue weighted by atomic mass is 10.0. The first kappa shape index (κ1) is 18.8. The van der Waals surface area contributed by atoms with Crippen molar-refractivity contribution in [3.8, 4) is 0 Å². The predicted molar refractivity (Wildman–Crippen MR) is 109 cm³/mol. The van der Waals surface area contributed by atoms with Gasteiger partial charge in [-0.15, -0.1) is 11.3 Å². The zero-order valence-corrected chi connectivity index (χ0v) is 17.3. The van der Waals surface area contributed by atoms with Gasteiger partial charge in [0.15, 0.2) is 5.13 Å². The molecule has 1 fully saturated rings. The fraction of sp³-hybridized carbons (Fsp3) is 0.294. The number of hydrogen-bond acceptors (Lipinski definition) is 6. The van der Waals surface area contributed by atoms with Crippen LogP contribution in [0.25, 0.3) is 10.2 Å². The first-order valence-corrected chi connectivity index (χ1v) is 11.9. The lowest BCUT2D eigenvalue weighted by molar-refractivity contribution is -0.120. The number of benzene rings is 1. The molecule has 0 spiro atoms. The summed E-state index contributed by atoms with van der Waals surface area (Å²) in [6, 6.07) is 7.97. The van der Waals surface area contributed by atoms with Crippen LogP contribution in [-0.2, 0) is 14.8 Å². The van der Waals surface area contributed by atoms with E-state index in [0.717, 1.165) is 28.9 Å². The van der Waals surface area contributed by atoms with E-state index in [4.69, 9.17) is 11.6 Å². The zero-order chi connectivity index (χ0) is 19.0. The minimum absolute atomic E-state index is 0.258. The van der Waals surface area contributed by atoms with Gasteiger partial charge in [-0.2, -0.15) is 4.31 Å². The van der Waals surface area contributed by atoms with E-state index in [1.807, 2.05) is 12.1 Å². The fourth-order valence-corrected chi connectivity index (χ4v) is 7.08. The zero-order valence-electron chi connectivity index (χ0n) is 14.1. The molecule has 0 aliphatic carbocycles. The van der Waals surface area contributed by atoms with Crippen LogP contribution in [0, 0.1) is 0 Å². The van der Waals surface area contributed by atoms with Crippen LogP contribution in [0.1, 0.15) is 19.3 Å². The van der Waals surface area contributed by atoms with Crippen LogP contribution >= 0.6 is 34.3 Å². The van der Waals surface area contributed by atoms with Crippen molar-refractivity contribution in [1.29, 1.82) is 0 Å². The van der Waals surface area contributed by atoms with Crippen molar-refractivity contribution in [2.75, 3.05) is 11.9 Å². The van der Waals surface area contributed by atoms with E-state index in [9.17, 15) is 13.2 Å². The number of fused-ring (bicyclic) bond motifs is 1. The Balaban J connectivity index is 1.59. The van der Waals surface area contributed by atoms with Gasteiger partial charge in [0.25, 0.3) is 10.0 Å². The largest absolute Gasteiger partial charge is 0.301 e. The van der Waals surface area contributed by atoms with Crippen molar-refractivity contribution in [1.82, 2.24) is 9.29 Å². The fourth-order valence-electron chi connectivity index (χ4n) is 3.14. The molecule has 1 aliphatic rings. The molecule has 0 radical (unpaired) electrons. The van der Waals surface area contributed by atoms with Crippen LogP contribution in [0.3, 0.4) is 0 Å². The van der Waals surface area contributed by atoms with Crippen LogP contribution in [0.4, 0.5) is 5.13 Å². The number of rotatable bonds is 4. The van der Waals surface area contributed by atoms with Gasteiger partial charge in [0, 0.05) is 6.54 Å². The van der Waals surface area contributed by atoms with E-state index >= 15 is 0 Å². The Morgan fingerprint density at radius 3 is 2.85 bits per heavy atom. The quantitative estimate of drug-likeness (QED) is 0.658. The van der Waals surface area contributed by atoms with Gasteiger partial charge in [-0.05, 0) is 36.4 Å². The monoisotopic (exact) mass is 441 g/mol. The van der Waals surface area contributed by atoms with Crippen molar-refractivity contribution in [3.63, 3.8) is 0 Å². The summed E-state index contributed by atoms with van der Waals surface area (Å²) in [7, 11) is -3.68. The number of hydrogen-bond donors (Lipinski definition) is 1. The van der Waals surface area contributed by atoms with Crippen LogP contribution in [-0.4, -0.2) is 36.2 Å². The number of anilines is 1. The SMILES string of the molecule is O=C(Nc1nc2c(Cl)cccc2s1)[C@@H]1CCCCN1S(=O)(=O)c1cccs1. The van der Waals surface area contributed by atoms with Gasteiger partial charge in [-0.1, -0.05) is 41.5 Å². The van der Waals surface area contributed by atoms with Crippen LogP contribution < -0.4 is 5.32 Å². The average molecular weight is 442 g/mol. The molecule has 6 nitrogen and oxygen atoms in total. The molecule has 1 aromatic carbocycles. The molecule has 1 atom stereocenters. The molecule has 3 aromatic rings. The molecule has 0 saturated carbocycles. The number of nitrogens with one attached hydrogen (secondary N) is 1. The van der Waals surface area contributed by atoms with Crippen LogP contribution in [0.2, 0.25) is 5.02 Å². The number of sulfonamides is 1.